The van der Waals surface area contributed by atoms with Gasteiger partial charge in [0, 0.05) is 6.92 Å². The van der Waals surface area contributed by atoms with Crippen molar-refractivity contribution < 1.29 is 36.5 Å². The molecule has 0 aromatic rings. The number of rotatable bonds is 5. The summed E-state index contributed by atoms with van der Waals surface area (Å²) in [5.41, 5.74) is 0. The van der Waals surface area contributed by atoms with Crippen LogP contribution in [0.3, 0.4) is 0 Å². The minimum Gasteiger partial charge on any atom is -0.388 e. The lowest BCUT2D eigenvalue weighted by Crippen LogP contribution is -2.64. The van der Waals surface area contributed by atoms with Crippen LogP contribution in [0.5, 0.6) is 0 Å². The summed E-state index contributed by atoms with van der Waals surface area (Å²) in [4.78, 5) is 11.4. The highest BCUT2D eigenvalue weighted by atomic mass is 32.3. The van der Waals surface area contributed by atoms with Crippen molar-refractivity contribution in [2.45, 2.75) is 82.7 Å². The van der Waals surface area contributed by atoms with Crippen LogP contribution >= 0.6 is 0 Å². The number of ether oxygens (including phenoxy) is 2. The zero-order chi connectivity index (χ0) is 17.9. The Kier molecular flexibility index (Phi) is 6.57. The fourth-order valence-electron chi connectivity index (χ4n) is 3.19. The van der Waals surface area contributed by atoms with E-state index in [0.29, 0.717) is 0 Å². The lowest BCUT2D eigenvalue weighted by atomic mass is 9.95. The predicted molar refractivity (Wildman–Crippen MR) is 82.3 cm³/mol. The van der Waals surface area contributed by atoms with Gasteiger partial charge >= 0.3 is 10.4 Å². The molecule has 1 aliphatic heterocycles. The Bertz CT molecular complexity index is 533. The largest absolute Gasteiger partial charge is 0.397 e. The molecule has 10 heteroatoms. The van der Waals surface area contributed by atoms with Crippen molar-refractivity contribution in [3.05, 3.63) is 0 Å². The van der Waals surface area contributed by atoms with Crippen LogP contribution < -0.4 is 5.32 Å². The molecule has 0 spiro atoms. The Hall–Kier alpha value is -0.780. The maximum Gasteiger partial charge on any atom is 0.397 e. The van der Waals surface area contributed by atoms with Crippen molar-refractivity contribution in [3.8, 4) is 0 Å². The summed E-state index contributed by atoms with van der Waals surface area (Å²) in [5.74, 6) is -0.431. The Balaban J connectivity index is 2.13. The van der Waals surface area contributed by atoms with E-state index in [2.05, 4.69) is 9.50 Å². The van der Waals surface area contributed by atoms with Crippen LogP contribution in [0.15, 0.2) is 0 Å². The Morgan fingerprint density at radius 2 is 1.88 bits per heavy atom. The predicted octanol–water partition coefficient (Wildman–Crippen LogP) is 0.134. The normalized spacial score (nSPS) is 35.6. The summed E-state index contributed by atoms with van der Waals surface area (Å²) in [6.07, 6.45) is 0.329. The van der Waals surface area contributed by atoms with Crippen LogP contribution in [-0.2, 0) is 28.9 Å². The lowest BCUT2D eigenvalue weighted by molar-refractivity contribution is -0.271. The van der Waals surface area contributed by atoms with Gasteiger partial charge in [0.15, 0.2) is 6.29 Å². The average molecular weight is 367 g/mol. The first-order valence-electron chi connectivity index (χ1n) is 8.09. The molecule has 1 aliphatic carbocycles. The summed E-state index contributed by atoms with van der Waals surface area (Å²) in [5, 5.41) is 12.9. The van der Waals surface area contributed by atoms with Crippen molar-refractivity contribution in [3.63, 3.8) is 0 Å². The van der Waals surface area contributed by atoms with Gasteiger partial charge in [0.05, 0.1) is 12.2 Å². The van der Waals surface area contributed by atoms with Crippen LogP contribution in [0.25, 0.3) is 0 Å². The minimum absolute atomic E-state index is 0.0431. The highest BCUT2D eigenvalue weighted by Gasteiger charge is 2.47. The van der Waals surface area contributed by atoms with Gasteiger partial charge in [-0.25, -0.2) is 4.18 Å². The number of amides is 1. The maximum atomic E-state index is 11.4. The number of nitrogens with one attached hydrogen (secondary N) is 1. The quantitative estimate of drug-likeness (QED) is 0.585. The molecule has 3 N–H and O–H groups in total. The van der Waals surface area contributed by atoms with Crippen molar-refractivity contribution in [1.82, 2.24) is 5.32 Å². The molecule has 1 amide bonds. The van der Waals surface area contributed by atoms with Crippen LogP contribution in [0.2, 0.25) is 0 Å². The first-order valence-corrected chi connectivity index (χ1v) is 9.45. The summed E-state index contributed by atoms with van der Waals surface area (Å²) in [7, 11) is -4.78. The number of aliphatic hydroxyl groups is 1. The smallest absolute Gasteiger partial charge is 0.388 e. The van der Waals surface area contributed by atoms with Crippen molar-refractivity contribution in [2.24, 2.45) is 0 Å². The molecule has 0 aromatic carbocycles. The molecule has 5 atom stereocenters. The topological polar surface area (TPSA) is 131 Å². The maximum absolute atomic E-state index is 11.4. The lowest BCUT2D eigenvalue weighted by Gasteiger charge is -2.44. The van der Waals surface area contributed by atoms with Crippen LogP contribution in [0, 0.1) is 0 Å². The molecular formula is C14H25NO8S. The summed E-state index contributed by atoms with van der Waals surface area (Å²) < 4.78 is 46.8. The van der Waals surface area contributed by atoms with Gasteiger partial charge in [0.25, 0.3) is 0 Å². The Labute approximate surface area is 141 Å². The molecule has 1 saturated heterocycles. The number of aliphatic hydroxyl groups excluding tert-OH is 1. The second-order valence-electron chi connectivity index (χ2n) is 6.31. The Morgan fingerprint density at radius 1 is 1.25 bits per heavy atom. The number of carbonyl (C=O) groups excluding carboxylic acids is 1. The fourth-order valence-corrected chi connectivity index (χ4v) is 3.74. The van der Waals surface area contributed by atoms with E-state index in [0.717, 1.165) is 32.1 Å². The first kappa shape index (κ1) is 19.5. The molecule has 1 heterocycles. The van der Waals surface area contributed by atoms with Gasteiger partial charge < -0.3 is 19.9 Å². The van der Waals surface area contributed by atoms with Gasteiger partial charge in [0.2, 0.25) is 5.91 Å². The Morgan fingerprint density at radius 3 is 2.42 bits per heavy atom. The zero-order valence-corrected chi connectivity index (χ0v) is 14.6. The molecule has 9 nitrogen and oxygen atoms in total. The number of hydrogen-bond donors (Lipinski definition) is 3. The molecule has 2 fully saturated rings. The standard InChI is InChI=1S/C14H25NO8S/c1-8-13(23-24(18,19)20)12(17)11(15-9(2)16)14(21-8)22-10-6-4-3-5-7-10/h8,10-14,17H,3-7H2,1-2H3,(H,15,16)(H,18,19,20)/t8-,11-,12-,13+,14+/m1/s1. The summed E-state index contributed by atoms with van der Waals surface area (Å²) in [6.45, 7) is 2.77. The molecular weight excluding hydrogens is 342 g/mol. The summed E-state index contributed by atoms with van der Waals surface area (Å²) >= 11 is 0. The minimum atomic E-state index is -4.78. The first-order chi connectivity index (χ1) is 11.2. The average Bonchev–Trinajstić information content (AvgIpc) is 2.47. The summed E-state index contributed by atoms with van der Waals surface area (Å²) in [6, 6.07) is -1.01. The van der Waals surface area contributed by atoms with Gasteiger partial charge in [-0.15, -0.1) is 0 Å². The van der Waals surface area contributed by atoms with Crippen LogP contribution in [0.1, 0.15) is 46.0 Å². The molecule has 2 aliphatic rings. The van der Waals surface area contributed by atoms with Crippen molar-refractivity contribution >= 4 is 16.3 Å². The van der Waals surface area contributed by atoms with Gasteiger partial charge in [-0.1, -0.05) is 19.3 Å². The third-order valence-corrected chi connectivity index (χ3v) is 4.76. The molecule has 140 valence electrons. The van der Waals surface area contributed by atoms with E-state index in [4.69, 9.17) is 14.0 Å². The van der Waals surface area contributed by atoms with E-state index >= 15 is 0 Å². The monoisotopic (exact) mass is 367 g/mol. The third-order valence-electron chi connectivity index (χ3n) is 4.29. The molecule has 0 unspecified atom stereocenters. The second kappa shape index (κ2) is 8.07. The van der Waals surface area contributed by atoms with Gasteiger partial charge in [0.1, 0.15) is 18.2 Å². The molecule has 1 saturated carbocycles. The number of carbonyl (C=O) groups is 1. The van der Waals surface area contributed by atoms with E-state index in [9.17, 15) is 18.3 Å². The third kappa shape index (κ3) is 5.36. The van der Waals surface area contributed by atoms with E-state index in [-0.39, 0.29) is 6.10 Å². The fraction of sp³-hybridized carbons (Fsp3) is 0.929. The van der Waals surface area contributed by atoms with E-state index in [1.807, 2.05) is 0 Å². The molecule has 0 radical (unpaired) electrons. The van der Waals surface area contributed by atoms with E-state index < -0.39 is 46.9 Å². The highest BCUT2D eigenvalue weighted by molar-refractivity contribution is 7.80. The van der Waals surface area contributed by atoms with Gasteiger partial charge in [-0.3, -0.25) is 9.35 Å². The van der Waals surface area contributed by atoms with Crippen LogP contribution in [-0.4, -0.2) is 60.7 Å². The SMILES string of the molecule is CC(=O)N[C@H]1[C@H](OC2CCCCC2)O[C@H](C)[C@H](OS(=O)(=O)O)[C@@H]1O. The van der Waals surface area contributed by atoms with E-state index in [1.54, 1.807) is 0 Å². The van der Waals surface area contributed by atoms with Crippen molar-refractivity contribution in [2.75, 3.05) is 0 Å². The van der Waals surface area contributed by atoms with Gasteiger partial charge in [-0.05, 0) is 19.8 Å². The van der Waals surface area contributed by atoms with Crippen molar-refractivity contribution in [1.29, 1.82) is 0 Å². The number of hydrogen-bond acceptors (Lipinski definition) is 7. The molecule has 2 rings (SSSR count). The zero-order valence-electron chi connectivity index (χ0n) is 13.8. The van der Waals surface area contributed by atoms with E-state index in [1.165, 1.54) is 13.8 Å². The second-order valence-corrected chi connectivity index (χ2v) is 7.36. The van der Waals surface area contributed by atoms with Gasteiger partial charge in [-0.2, -0.15) is 8.42 Å². The molecule has 0 aromatic heterocycles. The highest BCUT2D eigenvalue weighted by Crippen LogP contribution is 2.29. The molecule has 0 bridgehead atoms. The molecule has 24 heavy (non-hydrogen) atoms. The van der Waals surface area contributed by atoms with Crippen LogP contribution in [0.4, 0.5) is 0 Å².